The molecule has 0 spiro atoms. The average molecular weight is 207 g/mol. The lowest BCUT2D eigenvalue weighted by atomic mass is 10.2. The van der Waals surface area contributed by atoms with Crippen LogP contribution in [0.4, 0.5) is 0 Å². The Bertz CT molecular complexity index is 256. The summed E-state index contributed by atoms with van der Waals surface area (Å²) in [5, 5.41) is 0. The first-order chi connectivity index (χ1) is 6.64. The Kier molecular flexibility index (Phi) is 4.36. The monoisotopic (exact) mass is 207 g/mol. The molecule has 0 amide bonds. The third-order valence-corrected chi connectivity index (χ3v) is 6.00. The Morgan fingerprint density at radius 2 is 1.71 bits per heavy atom. The van der Waals surface area contributed by atoms with E-state index in [1.807, 2.05) is 0 Å². The molecule has 2 heteroatoms. The van der Waals surface area contributed by atoms with Gasteiger partial charge in [-0.25, -0.2) is 0 Å². The molecule has 2 N–H and O–H groups in total. The first kappa shape index (κ1) is 11.5. The highest BCUT2D eigenvalue weighted by molar-refractivity contribution is 6.77. The predicted octanol–water partition coefficient (Wildman–Crippen LogP) is 2.90. The molecule has 0 unspecified atom stereocenters. The van der Waals surface area contributed by atoms with Crippen LogP contribution in [0.1, 0.15) is 5.56 Å². The standard InChI is InChI=1S/C12H21NSi/c1-14(2,11-9-13)10-8-12-6-4-3-5-7-12/h3-7H,8-11,13H2,1-2H3. The van der Waals surface area contributed by atoms with E-state index in [2.05, 4.69) is 43.4 Å². The summed E-state index contributed by atoms with van der Waals surface area (Å²) in [6.07, 6.45) is 1.22. The molecule has 14 heavy (non-hydrogen) atoms. The Morgan fingerprint density at radius 1 is 1.07 bits per heavy atom. The molecule has 78 valence electrons. The maximum absolute atomic E-state index is 5.62. The fourth-order valence-corrected chi connectivity index (χ4v) is 3.64. The van der Waals surface area contributed by atoms with Gasteiger partial charge in [0.05, 0.1) is 0 Å². The number of nitrogens with two attached hydrogens (primary N) is 1. The maximum Gasteiger partial charge on any atom is 0.0489 e. The molecule has 1 nitrogen and oxygen atoms in total. The van der Waals surface area contributed by atoms with Crippen molar-refractivity contribution in [1.82, 2.24) is 0 Å². The van der Waals surface area contributed by atoms with Crippen LogP contribution < -0.4 is 5.73 Å². The second-order valence-electron chi connectivity index (χ2n) is 4.69. The van der Waals surface area contributed by atoms with Gasteiger partial charge in [-0.05, 0) is 24.6 Å². The van der Waals surface area contributed by atoms with Crippen molar-refractivity contribution in [2.75, 3.05) is 6.54 Å². The van der Waals surface area contributed by atoms with Gasteiger partial charge in [-0.3, -0.25) is 0 Å². The summed E-state index contributed by atoms with van der Waals surface area (Å²) >= 11 is 0. The molecule has 1 aromatic carbocycles. The number of rotatable bonds is 5. The van der Waals surface area contributed by atoms with Crippen molar-refractivity contribution in [3.05, 3.63) is 35.9 Å². The van der Waals surface area contributed by atoms with Gasteiger partial charge in [0.25, 0.3) is 0 Å². The van der Waals surface area contributed by atoms with Crippen LogP contribution in [0, 0.1) is 0 Å². The Balaban J connectivity index is 2.40. The molecule has 0 aliphatic heterocycles. The average Bonchev–Trinajstić information content (AvgIpc) is 2.17. The highest BCUT2D eigenvalue weighted by Crippen LogP contribution is 2.17. The smallest absolute Gasteiger partial charge is 0.0489 e. The van der Waals surface area contributed by atoms with Gasteiger partial charge in [-0.15, -0.1) is 0 Å². The van der Waals surface area contributed by atoms with Crippen LogP contribution in [0.2, 0.25) is 25.2 Å². The number of aryl methyl sites for hydroxylation is 1. The van der Waals surface area contributed by atoms with Gasteiger partial charge in [-0.1, -0.05) is 49.5 Å². The topological polar surface area (TPSA) is 26.0 Å². The van der Waals surface area contributed by atoms with Gasteiger partial charge in [0.2, 0.25) is 0 Å². The Morgan fingerprint density at radius 3 is 2.29 bits per heavy atom. The molecule has 0 atom stereocenters. The van der Waals surface area contributed by atoms with E-state index in [0.29, 0.717) is 0 Å². The minimum Gasteiger partial charge on any atom is -0.331 e. The SMILES string of the molecule is C[Si](C)(CCN)CCc1ccccc1. The summed E-state index contributed by atoms with van der Waals surface area (Å²) in [6, 6.07) is 13.3. The minimum absolute atomic E-state index is 0.855. The van der Waals surface area contributed by atoms with E-state index in [9.17, 15) is 0 Å². The fraction of sp³-hybridized carbons (Fsp3) is 0.500. The van der Waals surface area contributed by atoms with Crippen molar-refractivity contribution in [3.8, 4) is 0 Å². The van der Waals surface area contributed by atoms with Crippen LogP contribution in [0.25, 0.3) is 0 Å². The molecule has 0 fully saturated rings. The molecule has 0 aliphatic rings. The van der Waals surface area contributed by atoms with Crippen LogP contribution in [0.5, 0.6) is 0 Å². The summed E-state index contributed by atoms with van der Waals surface area (Å²) in [7, 11) is -1.01. The normalized spacial score (nSPS) is 11.6. The van der Waals surface area contributed by atoms with E-state index < -0.39 is 8.07 Å². The molecular formula is C12H21NSi. The zero-order valence-electron chi connectivity index (χ0n) is 9.29. The van der Waals surface area contributed by atoms with Crippen molar-refractivity contribution < 1.29 is 0 Å². The van der Waals surface area contributed by atoms with Gasteiger partial charge >= 0.3 is 0 Å². The van der Waals surface area contributed by atoms with E-state index in [1.54, 1.807) is 0 Å². The van der Waals surface area contributed by atoms with Crippen molar-refractivity contribution in [1.29, 1.82) is 0 Å². The highest BCUT2D eigenvalue weighted by atomic mass is 28.3. The van der Waals surface area contributed by atoms with Gasteiger partial charge in [0.15, 0.2) is 0 Å². The maximum atomic E-state index is 5.62. The Hall–Kier alpha value is -0.603. The first-order valence-electron chi connectivity index (χ1n) is 5.38. The molecule has 0 aliphatic carbocycles. The zero-order chi connectivity index (χ0) is 10.4. The van der Waals surface area contributed by atoms with Crippen molar-refractivity contribution in [2.45, 2.75) is 31.6 Å². The second-order valence-corrected chi connectivity index (χ2v) is 10.0. The van der Waals surface area contributed by atoms with Crippen molar-refractivity contribution in [2.24, 2.45) is 5.73 Å². The van der Waals surface area contributed by atoms with E-state index in [1.165, 1.54) is 24.1 Å². The lowest BCUT2D eigenvalue weighted by molar-refractivity contribution is 1.03. The molecule has 0 heterocycles. The lowest BCUT2D eigenvalue weighted by Gasteiger charge is -2.21. The van der Waals surface area contributed by atoms with Gasteiger partial charge in [0.1, 0.15) is 0 Å². The fourth-order valence-electron chi connectivity index (χ4n) is 1.64. The third-order valence-electron chi connectivity index (χ3n) is 2.75. The number of benzene rings is 1. The quantitative estimate of drug-likeness (QED) is 0.738. The molecule has 0 aromatic heterocycles. The summed E-state index contributed by atoms with van der Waals surface area (Å²) in [5.41, 5.74) is 7.08. The summed E-state index contributed by atoms with van der Waals surface area (Å²) < 4.78 is 0. The first-order valence-corrected chi connectivity index (χ1v) is 8.79. The van der Waals surface area contributed by atoms with Gasteiger partial charge in [-0.2, -0.15) is 0 Å². The van der Waals surface area contributed by atoms with Crippen molar-refractivity contribution in [3.63, 3.8) is 0 Å². The molecular weight excluding hydrogens is 186 g/mol. The molecule has 0 bridgehead atoms. The van der Waals surface area contributed by atoms with E-state index in [4.69, 9.17) is 5.73 Å². The zero-order valence-corrected chi connectivity index (χ0v) is 10.3. The molecule has 1 rings (SSSR count). The Labute approximate surface area is 88.3 Å². The molecule has 0 saturated carbocycles. The number of hydrogen-bond acceptors (Lipinski definition) is 1. The van der Waals surface area contributed by atoms with Crippen LogP contribution >= 0.6 is 0 Å². The summed E-state index contributed by atoms with van der Waals surface area (Å²) in [5.74, 6) is 0. The number of hydrogen-bond donors (Lipinski definition) is 1. The van der Waals surface area contributed by atoms with Crippen molar-refractivity contribution >= 4 is 8.07 Å². The summed E-state index contributed by atoms with van der Waals surface area (Å²) in [6.45, 7) is 5.72. The second kappa shape index (κ2) is 5.32. The van der Waals surface area contributed by atoms with E-state index >= 15 is 0 Å². The molecule has 1 aromatic rings. The minimum atomic E-state index is -1.01. The van der Waals surface area contributed by atoms with Gasteiger partial charge < -0.3 is 5.73 Å². The van der Waals surface area contributed by atoms with Crippen LogP contribution in [0.3, 0.4) is 0 Å². The predicted molar refractivity (Wildman–Crippen MR) is 66.3 cm³/mol. The van der Waals surface area contributed by atoms with Crippen LogP contribution in [-0.2, 0) is 6.42 Å². The third kappa shape index (κ3) is 4.07. The van der Waals surface area contributed by atoms with Crippen LogP contribution in [0.15, 0.2) is 30.3 Å². The molecule has 0 saturated heterocycles. The van der Waals surface area contributed by atoms with Crippen LogP contribution in [-0.4, -0.2) is 14.6 Å². The van der Waals surface area contributed by atoms with E-state index in [-0.39, 0.29) is 0 Å². The largest absolute Gasteiger partial charge is 0.331 e. The highest BCUT2D eigenvalue weighted by Gasteiger charge is 2.18. The summed E-state index contributed by atoms with van der Waals surface area (Å²) in [4.78, 5) is 0. The molecule has 0 radical (unpaired) electrons. The van der Waals surface area contributed by atoms with E-state index in [0.717, 1.165) is 6.54 Å². The van der Waals surface area contributed by atoms with Gasteiger partial charge in [0, 0.05) is 8.07 Å². The lowest BCUT2D eigenvalue weighted by Crippen LogP contribution is -2.28.